The Balaban J connectivity index is 1.56. The van der Waals surface area contributed by atoms with Crippen LogP contribution in [-0.2, 0) is 20.9 Å². The van der Waals surface area contributed by atoms with Crippen LogP contribution in [0.5, 0.6) is 5.75 Å². The number of halogens is 1. The third-order valence-electron chi connectivity index (χ3n) is 4.56. The minimum Gasteiger partial charge on any atom is -0.493 e. The number of hydrogen-bond donors (Lipinski definition) is 0. The van der Waals surface area contributed by atoms with Crippen molar-refractivity contribution in [2.24, 2.45) is 0 Å². The molecule has 0 aromatic heterocycles. The number of nitrogens with zero attached hydrogens (tertiary/aromatic N) is 1. The molecule has 0 N–H and O–H groups in total. The first-order valence-corrected chi connectivity index (χ1v) is 9.68. The van der Waals surface area contributed by atoms with Gasteiger partial charge in [-0.2, -0.15) is 0 Å². The third kappa shape index (κ3) is 5.91. The number of carbonyl (C=O) groups is 2. The van der Waals surface area contributed by atoms with E-state index >= 15 is 0 Å². The summed E-state index contributed by atoms with van der Waals surface area (Å²) in [5.74, 6) is -0.628. The van der Waals surface area contributed by atoms with E-state index in [9.17, 15) is 14.0 Å². The lowest BCUT2D eigenvalue weighted by Crippen LogP contribution is -2.36. The van der Waals surface area contributed by atoms with Gasteiger partial charge in [-0.1, -0.05) is 36.4 Å². The van der Waals surface area contributed by atoms with Gasteiger partial charge < -0.3 is 14.4 Å². The fourth-order valence-corrected chi connectivity index (χ4v) is 2.94. The van der Waals surface area contributed by atoms with E-state index in [1.807, 2.05) is 31.2 Å². The molecule has 0 spiro atoms. The standard InChI is InChI=1S/C23H24FNO4/c1-2-28-21-10-6-4-7-17(21)11-14-23(27)29-16-22(26)25(19-12-13-19)15-18-8-3-5-9-20(18)24/h3-11,14,19H,2,12-13,15-16H2,1H3/b14-11+. The summed E-state index contributed by atoms with van der Waals surface area (Å²) in [7, 11) is 0. The van der Waals surface area contributed by atoms with Gasteiger partial charge in [0.25, 0.3) is 5.91 Å². The lowest BCUT2D eigenvalue weighted by molar-refractivity contribution is -0.148. The summed E-state index contributed by atoms with van der Waals surface area (Å²) < 4.78 is 24.5. The first-order valence-electron chi connectivity index (χ1n) is 9.68. The highest BCUT2D eigenvalue weighted by Gasteiger charge is 2.33. The second-order valence-corrected chi connectivity index (χ2v) is 6.76. The highest BCUT2D eigenvalue weighted by atomic mass is 19.1. The highest BCUT2D eigenvalue weighted by Crippen LogP contribution is 2.29. The van der Waals surface area contributed by atoms with Crippen LogP contribution in [0, 0.1) is 5.82 Å². The monoisotopic (exact) mass is 397 g/mol. The molecule has 1 saturated carbocycles. The molecule has 5 nitrogen and oxygen atoms in total. The van der Waals surface area contributed by atoms with Crippen molar-refractivity contribution in [3.63, 3.8) is 0 Å². The SMILES string of the molecule is CCOc1ccccc1/C=C/C(=O)OCC(=O)N(Cc1ccccc1F)C1CC1. The molecule has 0 atom stereocenters. The van der Waals surface area contributed by atoms with Crippen LogP contribution in [0.4, 0.5) is 4.39 Å². The Hall–Kier alpha value is -3.15. The van der Waals surface area contributed by atoms with Crippen LogP contribution in [0.3, 0.4) is 0 Å². The summed E-state index contributed by atoms with van der Waals surface area (Å²) in [5, 5.41) is 0. The first kappa shape index (κ1) is 20.6. The van der Waals surface area contributed by atoms with Gasteiger partial charge in [-0.3, -0.25) is 4.79 Å². The predicted octanol–water partition coefficient (Wildman–Crippen LogP) is 3.97. The van der Waals surface area contributed by atoms with Crippen LogP contribution >= 0.6 is 0 Å². The summed E-state index contributed by atoms with van der Waals surface area (Å²) in [5.41, 5.74) is 1.20. The highest BCUT2D eigenvalue weighted by molar-refractivity contribution is 5.89. The second-order valence-electron chi connectivity index (χ2n) is 6.76. The Morgan fingerprint density at radius 2 is 1.86 bits per heavy atom. The molecule has 0 aliphatic heterocycles. The lowest BCUT2D eigenvalue weighted by Gasteiger charge is -2.22. The second kappa shape index (κ2) is 9.87. The first-order chi connectivity index (χ1) is 14.1. The fourth-order valence-electron chi connectivity index (χ4n) is 2.94. The van der Waals surface area contributed by atoms with Gasteiger partial charge in [0.2, 0.25) is 0 Å². The Bertz CT molecular complexity index is 892. The Kier molecular flexibility index (Phi) is 7.00. The maximum absolute atomic E-state index is 13.9. The van der Waals surface area contributed by atoms with Crippen molar-refractivity contribution < 1.29 is 23.5 Å². The van der Waals surface area contributed by atoms with Gasteiger partial charge in [-0.25, -0.2) is 9.18 Å². The van der Waals surface area contributed by atoms with Crippen LogP contribution in [0.25, 0.3) is 6.08 Å². The van der Waals surface area contributed by atoms with E-state index in [4.69, 9.17) is 9.47 Å². The maximum Gasteiger partial charge on any atom is 0.331 e. The van der Waals surface area contributed by atoms with Gasteiger partial charge in [0.15, 0.2) is 6.61 Å². The van der Waals surface area contributed by atoms with Crippen molar-refractivity contribution in [2.45, 2.75) is 32.4 Å². The van der Waals surface area contributed by atoms with Crippen molar-refractivity contribution in [3.8, 4) is 5.75 Å². The molecule has 1 fully saturated rings. The van der Waals surface area contributed by atoms with Gasteiger partial charge in [0.05, 0.1) is 6.61 Å². The molecule has 29 heavy (non-hydrogen) atoms. The zero-order valence-corrected chi connectivity index (χ0v) is 16.3. The summed E-state index contributed by atoms with van der Waals surface area (Å²) >= 11 is 0. The predicted molar refractivity (Wildman–Crippen MR) is 108 cm³/mol. The van der Waals surface area contributed by atoms with E-state index in [-0.39, 0.29) is 30.9 Å². The third-order valence-corrected chi connectivity index (χ3v) is 4.56. The number of carbonyl (C=O) groups excluding carboxylic acids is 2. The average molecular weight is 397 g/mol. The van der Waals surface area contributed by atoms with E-state index in [2.05, 4.69) is 0 Å². The Morgan fingerprint density at radius 1 is 1.14 bits per heavy atom. The number of benzene rings is 2. The molecule has 2 aromatic carbocycles. The fraction of sp³-hybridized carbons (Fsp3) is 0.304. The Labute approximate surface area is 169 Å². The summed E-state index contributed by atoms with van der Waals surface area (Å²) in [6.07, 6.45) is 4.61. The number of hydrogen-bond acceptors (Lipinski definition) is 4. The van der Waals surface area contributed by atoms with E-state index in [1.54, 1.807) is 29.2 Å². The molecule has 1 aliphatic rings. The van der Waals surface area contributed by atoms with Crippen LogP contribution in [0.15, 0.2) is 54.6 Å². The molecule has 3 rings (SSSR count). The number of esters is 1. The van der Waals surface area contributed by atoms with E-state index < -0.39 is 5.97 Å². The van der Waals surface area contributed by atoms with Gasteiger partial charge >= 0.3 is 5.97 Å². The quantitative estimate of drug-likeness (QED) is 0.475. The largest absolute Gasteiger partial charge is 0.493 e. The molecule has 6 heteroatoms. The molecular formula is C23H24FNO4. The van der Waals surface area contributed by atoms with Crippen LogP contribution < -0.4 is 4.74 Å². The summed E-state index contributed by atoms with van der Waals surface area (Å²) in [4.78, 5) is 26.2. The van der Waals surface area contributed by atoms with Crippen molar-refractivity contribution in [3.05, 3.63) is 71.6 Å². The molecule has 152 valence electrons. The van der Waals surface area contributed by atoms with Gasteiger partial charge in [-0.05, 0) is 38.0 Å². The molecule has 0 bridgehead atoms. The summed E-state index contributed by atoms with van der Waals surface area (Å²) in [6.45, 7) is 2.20. The van der Waals surface area contributed by atoms with Gasteiger partial charge in [0.1, 0.15) is 11.6 Å². The van der Waals surface area contributed by atoms with Crippen molar-refractivity contribution in [2.75, 3.05) is 13.2 Å². The van der Waals surface area contributed by atoms with E-state index in [1.165, 1.54) is 12.1 Å². The van der Waals surface area contributed by atoms with Gasteiger partial charge in [0, 0.05) is 29.8 Å². The zero-order chi connectivity index (χ0) is 20.6. The molecule has 0 radical (unpaired) electrons. The van der Waals surface area contributed by atoms with Gasteiger partial charge in [-0.15, -0.1) is 0 Å². The molecule has 0 saturated heterocycles. The zero-order valence-electron chi connectivity index (χ0n) is 16.3. The Morgan fingerprint density at radius 3 is 2.59 bits per heavy atom. The number of amides is 1. The number of ether oxygens (including phenoxy) is 2. The van der Waals surface area contributed by atoms with Crippen molar-refractivity contribution >= 4 is 18.0 Å². The molecule has 0 unspecified atom stereocenters. The molecule has 0 heterocycles. The van der Waals surface area contributed by atoms with Crippen LogP contribution in [0.1, 0.15) is 30.9 Å². The van der Waals surface area contributed by atoms with Crippen molar-refractivity contribution in [1.29, 1.82) is 0 Å². The molecular weight excluding hydrogens is 373 g/mol. The normalized spacial score (nSPS) is 13.3. The number of rotatable bonds is 9. The topological polar surface area (TPSA) is 55.8 Å². The molecule has 1 amide bonds. The minimum atomic E-state index is -0.619. The van der Waals surface area contributed by atoms with Crippen LogP contribution in [0.2, 0.25) is 0 Å². The maximum atomic E-state index is 13.9. The lowest BCUT2D eigenvalue weighted by atomic mass is 10.2. The van der Waals surface area contributed by atoms with Crippen molar-refractivity contribution in [1.82, 2.24) is 4.90 Å². The average Bonchev–Trinajstić information content (AvgIpc) is 3.56. The van der Waals surface area contributed by atoms with Crippen LogP contribution in [-0.4, -0.2) is 36.0 Å². The minimum absolute atomic E-state index is 0.0782. The number of para-hydroxylation sites is 1. The summed E-state index contributed by atoms with van der Waals surface area (Å²) in [6, 6.07) is 13.8. The smallest absolute Gasteiger partial charge is 0.331 e. The van der Waals surface area contributed by atoms with E-state index in [0.717, 1.165) is 18.4 Å². The van der Waals surface area contributed by atoms with E-state index in [0.29, 0.717) is 17.9 Å². The molecule has 1 aliphatic carbocycles. The molecule has 2 aromatic rings.